The average molecular weight is 586 g/mol. The van der Waals surface area contributed by atoms with Gasteiger partial charge in [-0.1, -0.05) is 36.3 Å². The Hall–Kier alpha value is -3.96. The molecule has 3 aromatic rings. The first-order valence-corrected chi connectivity index (χ1v) is 16.2. The Morgan fingerprint density at radius 1 is 0.929 bits per heavy atom. The molecular formula is C34H35NO6S. The number of rotatable bonds is 9. The Kier molecular flexibility index (Phi) is 9.38. The molecule has 1 fully saturated rings. The summed E-state index contributed by atoms with van der Waals surface area (Å²) in [6, 6.07) is 20.3. The maximum Gasteiger partial charge on any atom is 0.287 e. The van der Waals surface area contributed by atoms with Crippen LogP contribution in [-0.4, -0.2) is 32.4 Å². The highest BCUT2D eigenvalue weighted by Crippen LogP contribution is 2.36. The molecule has 0 unspecified atom stereocenters. The highest BCUT2D eigenvalue weighted by Gasteiger charge is 2.24. The molecule has 0 spiro atoms. The van der Waals surface area contributed by atoms with E-state index in [0.717, 1.165) is 36.1 Å². The van der Waals surface area contributed by atoms with Crippen LogP contribution in [0.15, 0.2) is 65.8 Å². The van der Waals surface area contributed by atoms with Crippen LogP contribution in [0.5, 0.6) is 11.5 Å². The predicted octanol–water partition coefficient (Wildman–Crippen LogP) is 6.41. The summed E-state index contributed by atoms with van der Waals surface area (Å²) in [6.07, 6.45) is 4.34. The van der Waals surface area contributed by atoms with Gasteiger partial charge in [0.1, 0.15) is 27.9 Å². The van der Waals surface area contributed by atoms with Crippen molar-refractivity contribution in [2.24, 2.45) is 11.1 Å². The zero-order valence-electron chi connectivity index (χ0n) is 23.8. The van der Waals surface area contributed by atoms with Crippen LogP contribution in [-0.2, 0) is 34.1 Å². The van der Waals surface area contributed by atoms with E-state index in [0.29, 0.717) is 31.8 Å². The summed E-state index contributed by atoms with van der Waals surface area (Å²) >= 11 is 0. The Labute approximate surface area is 247 Å². The molecule has 0 radical (unpaired) electrons. The first-order chi connectivity index (χ1) is 20.3. The molecule has 3 aromatic carbocycles. The fourth-order valence-corrected chi connectivity index (χ4v) is 7.29. The summed E-state index contributed by atoms with van der Waals surface area (Å²) < 4.78 is 35.7. The van der Waals surface area contributed by atoms with Gasteiger partial charge in [-0.05, 0) is 109 Å². The number of carbonyl (C=O) groups is 1. The smallest absolute Gasteiger partial charge is 0.287 e. The first-order valence-electron chi connectivity index (χ1n) is 14.4. The summed E-state index contributed by atoms with van der Waals surface area (Å²) in [4.78, 5) is 22.1. The monoisotopic (exact) mass is 585 g/mol. The third kappa shape index (κ3) is 7.46. The van der Waals surface area contributed by atoms with Crippen molar-refractivity contribution in [1.29, 1.82) is 0 Å². The second-order valence-corrected chi connectivity index (χ2v) is 13.4. The second kappa shape index (κ2) is 13.3. The maximum atomic E-state index is 11.7. The van der Waals surface area contributed by atoms with Crippen molar-refractivity contribution in [1.82, 2.24) is 0 Å². The zero-order chi connectivity index (χ0) is 29.5. The van der Waals surface area contributed by atoms with Gasteiger partial charge in [0.25, 0.3) is 5.91 Å². The summed E-state index contributed by atoms with van der Waals surface area (Å²) in [5.41, 5.74) is 6.92. The van der Waals surface area contributed by atoms with E-state index in [9.17, 15) is 18.1 Å². The Balaban J connectivity index is 1.24. The Morgan fingerprint density at radius 3 is 2.40 bits per heavy atom. The highest BCUT2D eigenvalue weighted by molar-refractivity contribution is 7.91. The highest BCUT2D eigenvalue weighted by atomic mass is 32.2. The molecule has 1 saturated heterocycles. The minimum Gasteiger partial charge on any atom is -0.493 e. The van der Waals surface area contributed by atoms with E-state index in [1.54, 1.807) is 6.92 Å². The molecule has 5 rings (SSSR count). The number of carbonyl (C=O) groups excluding carboxylic acids is 1. The van der Waals surface area contributed by atoms with E-state index < -0.39 is 15.7 Å². The molecular weight excluding hydrogens is 550 g/mol. The Morgan fingerprint density at radius 2 is 1.67 bits per heavy atom. The van der Waals surface area contributed by atoms with Crippen LogP contribution in [0.2, 0.25) is 0 Å². The summed E-state index contributed by atoms with van der Waals surface area (Å²) in [6.45, 7) is 2.66. The van der Waals surface area contributed by atoms with Crippen molar-refractivity contribution in [3.63, 3.8) is 0 Å². The van der Waals surface area contributed by atoms with Crippen LogP contribution >= 0.6 is 0 Å². The minimum atomic E-state index is -2.87. The third-order valence-electron chi connectivity index (χ3n) is 8.08. The van der Waals surface area contributed by atoms with Crippen molar-refractivity contribution in [3.05, 3.63) is 87.8 Å². The van der Waals surface area contributed by atoms with E-state index in [-0.39, 0.29) is 29.8 Å². The summed E-state index contributed by atoms with van der Waals surface area (Å²) in [5, 5.41) is 2.50. The SMILES string of the molecule is CC#C[C@@H](CC(=O)N=O)c1ccc(OCc2ccc3c(c2)-c2ccc(OCC4CCS(=O)(=O)CC4)cc2CCC3)cc1. The number of hydrogen-bond acceptors (Lipinski definition) is 6. The van der Waals surface area contributed by atoms with Crippen LogP contribution in [0, 0.1) is 22.7 Å². The molecule has 8 heteroatoms. The third-order valence-corrected chi connectivity index (χ3v) is 9.80. The molecule has 1 heterocycles. The maximum absolute atomic E-state index is 11.7. The lowest BCUT2D eigenvalue weighted by molar-refractivity contribution is -0.118. The number of nitroso groups, excluding NO2 is 1. The lowest BCUT2D eigenvalue weighted by Crippen LogP contribution is -2.26. The second-order valence-electron chi connectivity index (χ2n) is 11.1. The number of hydrogen-bond donors (Lipinski definition) is 0. The van der Waals surface area contributed by atoms with Crippen molar-refractivity contribution < 1.29 is 22.7 Å². The van der Waals surface area contributed by atoms with E-state index in [1.807, 2.05) is 30.3 Å². The number of ether oxygens (including phenoxy) is 2. The van der Waals surface area contributed by atoms with Gasteiger partial charge >= 0.3 is 0 Å². The zero-order valence-corrected chi connectivity index (χ0v) is 24.6. The molecule has 1 amide bonds. The van der Waals surface area contributed by atoms with Gasteiger partial charge in [-0.25, -0.2) is 8.42 Å². The van der Waals surface area contributed by atoms with Crippen molar-refractivity contribution in [3.8, 4) is 34.5 Å². The normalized spacial score (nSPS) is 16.5. The molecule has 2 aliphatic rings. The molecule has 1 aliphatic carbocycles. The molecule has 0 N–H and O–H groups in total. The fourth-order valence-electron chi connectivity index (χ4n) is 5.70. The van der Waals surface area contributed by atoms with Crippen LogP contribution in [0.1, 0.15) is 60.8 Å². The van der Waals surface area contributed by atoms with Gasteiger partial charge in [-0.15, -0.1) is 10.8 Å². The number of sulfone groups is 1. The molecule has 7 nitrogen and oxygen atoms in total. The quantitative estimate of drug-likeness (QED) is 0.212. The molecule has 0 saturated carbocycles. The van der Waals surface area contributed by atoms with Crippen LogP contribution in [0.3, 0.4) is 0 Å². The number of fused-ring (bicyclic) bond motifs is 3. The lowest BCUT2D eigenvalue weighted by atomic mass is 9.94. The van der Waals surface area contributed by atoms with Gasteiger partial charge < -0.3 is 9.47 Å². The van der Waals surface area contributed by atoms with Gasteiger partial charge in [-0.2, -0.15) is 0 Å². The van der Waals surface area contributed by atoms with E-state index in [4.69, 9.17) is 9.47 Å². The van der Waals surface area contributed by atoms with Crippen molar-refractivity contribution >= 4 is 15.7 Å². The molecule has 0 bridgehead atoms. The average Bonchev–Trinajstić information content (AvgIpc) is 3.18. The molecule has 1 aliphatic heterocycles. The lowest BCUT2D eigenvalue weighted by Gasteiger charge is -2.22. The molecule has 0 aromatic heterocycles. The van der Waals surface area contributed by atoms with Gasteiger partial charge in [-0.3, -0.25) is 4.79 Å². The predicted molar refractivity (Wildman–Crippen MR) is 163 cm³/mol. The van der Waals surface area contributed by atoms with Gasteiger partial charge in [0.15, 0.2) is 0 Å². The van der Waals surface area contributed by atoms with E-state index in [1.165, 1.54) is 22.3 Å². The van der Waals surface area contributed by atoms with E-state index >= 15 is 0 Å². The number of benzene rings is 3. The number of nitrogens with zero attached hydrogens (tertiary/aromatic N) is 1. The van der Waals surface area contributed by atoms with Crippen LogP contribution in [0.4, 0.5) is 0 Å². The van der Waals surface area contributed by atoms with Crippen molar-refractivity contribution in [2.75, 3.05) is 18.1 Å². The summed E-state index contributed by atoms with van der Waals surface area (Å²) in [5.74, 6) is 7.04. The number of aryl methyl sites for hydroxylation is 2. The largest absolute Gasteiger partial charge is 0.493 e. The topological polar surface area (TPSA) is 99.1 Å². The van der Waals surface area contributed by atoms with Gasteiger partial charge in [0.2, 0.25) is 0 Å². The molecule has 42 heavy (non-hydrogen) atoms. The molecule has 218 valence electrons. The molecule has 1 atom stereocenters. The van der Waals surface area contributed by atoms with Crippen LogP contribution in [0.25, 0.3) is 11.1 Å². The van der Waals surface area contributed by atoms with E-state index in [2.05, 4.69) is 47.3 Å². The van der Waals surface area contributed by atoms with Gasteiger partial charge in [0, 0.05) is 5.18 Å². The Bertz CT molecular complexity index is 1600. The number of amides is 1. The first kappa shape index (κ1) is 29.5. The fraction of sp³-hybridized carbons (Fsp3) is 0.382. The van der Waals surface area contributed by atoms with Crippen molar-refractivity contribution in [2.45, 2.75) is 58.0 Å². The van der Waals surface area contributed by atoms with Gasteiger partial charge in [0.05, 0.1) is 30.5 Å². The summed E-state index contributed by atoms with van der Waals surface area (Å²) in [7, 11) is -2.87. The standard InChI is InChI=1S/C34H35NO6S/c1-2-4-28(21-34(36)35-37)26-9-11-30(12-10-26)40-23-25-7-8-27-5-3-6-29-20-31(13-14-32(29)33(27)19-25)41-22-24-15-17-42(38,39)18-16-24/h7-14,19-20,24,28H,3,5-6,15-18,21-23H2,1H3/t28-/m0/s1. The van der Waals surface area contributed by atoms with Crippen LogP contribution < -0.4 is 9.47 Å². The minimum absolute atomic E-state index is 0.0400.